The first kappa shape index (κ1) is 15.9. The molecule has 0 amide bonds. The molecule has 1 aliphatic rings. The van der Waals surface area contributed by atoms with Crippen molar-refractivity contribution in [1.29, 1.82) is 0 Å². The van der Waals surface area contributed by atoms with Crippen molar-refractivity contribution in [3.05, 3.63) is 69.2 Å². The Morgan fingerprint density at radius 1 is 1.09 bits per heavy atom. The summed E-state index contributed by atoms with van der Waals surface area (Å²) in [5.41, 5.74) is 4.17. The third kappa shape index (κ3) is 3.32. The molecule has 22 heavy (non-hydrogen) atoms. The van der Waals surface area contributed by atoms with Gasteiger partial charge in [0.2, 0.25) is 0 Å². The van der Waals surface area contributed by atoms with Gasteiger partial charge in [0.15, 0.2) is 0 Å². The fraction of sp³-hybridized carbons (Fsp3) is 0.368. The SMILES string of the molecule is CC(C)NC1Cc2ccccc2C1Cc1ccc(Cl)c(Cl)c1. The number of benzene rings is 2. The smallest absolute Gasteiger partial charge is 0.0595 e. The molecule has 0 fully saturated rings. The van der Waals surface area contributed by atoms with Crippen molar-refractivity contribution in [1.82, 2.24) is 5.32 Å². The monoisotopic (exact) mass is 333 g/mol. The lowest BCUT2D eigenvalue weighted by Gasteiger charge is -2.24. The first-order chi connectivity index (χ1) is 10.5. The van der Waals surface area contributed by atoms with Crippen LogP contribution < -0.4 is 5.32 Å². The zero-order chi connectivity index (χ0) is 15.7. The Labute approximate surface area is 142 Å². The predicted octanol–water partition coefficient (Wildman–Crippen LogP) is 5.24. The third-order valence-corrected chi connectivity index (χ3v) is 5.11. The summed E-state index contributed by atoms with van der Waals surface area (Å²) in [6.07, 6.45) is 2.08. The van der Waals surface area contributed by atoms with Crippen molar-refractivity contribution in [2.24, 2.45) is 0 Å². The van der Waals surface area contributed by atoms with Gasteiger partial charge < -0.3 is 5.32 Å². The second-order valence-electron chi connectivity index (χ2n) is 6.39. The van der Waals surface area contributed by atoms with E-state index in [0.29, 0.717) is 28.0 Å². The highest BCUT2D eigenvalue weighted by molar-refractivity contribution is 6.42. The van der Waals surface area contributed by atoms with Gasteiger partial charge in [-0.05, 0) is 41.7 Å². The van der Waals surface area contributed by atoms with Crippen LogP contribution >= 0.6 is 23.2 Å². The molecule has 2 unspecified atom stereocenters. The predicted molar refractivity (Wildman–Crippen MR) is 95.1 cm³/mol. The number of halogens is 2. The number of rotatable bonds is 4. The van der Waals surface area contributed by atoms with Gasteiger partial charge in [-0.1, -0.05) is 67.4 Å². The topological polar surface area (TPSA) is 12.0 Å². The van der Waals surface area contributed by atoms with Gasteiger partial charge in [-0.2, -0.15) is 0 Å². The van der Waals surface area contributed by atoms with Crippen LogP contribution in [0.5, 0.6) is 0 Å². The highest BCUT2D eigenvalue weighted by atomic mass is 35.5. The molecule has 0 bridgehead atoms. The fourth-order valence-corrected chi connectivity index (χ4v) is 3.77. The largest absolute Gasteiger partial charge is 0.311 e. The van der Waals surface area contributed by atoms with Crippen LogP contribution in [-0.2, 0) is 12.8 Å². The van der Waals surface area contributed by atoms with Gasteiger partial charge in [0, 0.05) is 18.0 Å². The molecule has 2 aromatic carbocycles. The van der Waals surface area contributed by atoms with Crippen LogP contribution in [-0.4, -0.2) is 12.1 Å². The van der Waals surface area contributed by atoms with E-state index in [9.17, 15) is 0 Å². The van der Waals surface area contributed by atoms with Crippen LogP contribution in [0.4, 0.5) is 0 Å². The Bertz CT molecular complexity index is 666. The van der Waals surface area contributed by atoms with Crippen molar-refractivity contribution >= 4 is 23.2 Å². The van der Waals surface area contributed by atoms with Crippen LogP contribution in [0, 0.1) is 0 Å². The molecule has 0 radical (unpaired) electrons. The second kappa shape index (κ2) is 6.62. The molecule has 3 rings (SSSR count). The summed E-state index contributed by atoms with van der Waals surface area (Å²) >= 11 is 12.2. The van der Waals surface area contributed by atoms with Crippen molar-refractivity contribution < 1.29 is 0 Å². The lowest BCUT2D eigenvalue weighted by atomic mass is 9.90. The molecule has 0 heterocycles. The molecular weight excluding hydrogens is 313 g/mol. The molecule has 1 nitrogen and oxygen atoms in total. The van der Waals surface area contributed by atoms with E-state index in [4.69, 9.17) is 23.2 Å². The summed E-state index contributed by atoms with van der Waals surface area (Å²) < 4.78 is 0. The Hall–Kier alpha value is -1.02. The number of nitrogens with one attached hydrogen (secondary N) is 1. The summed E-state index contributed by atoms with van der Waals surface area (Å²) in [6, 6.07) is 15.7. The van der Waals surface area contributed by atoms with E-state index >= 15 is 0 Å². The summed E-state index contributed by atoms with van der Waals surface area (Å²) in [7, 11) is 0. The van der Waals surface area contributed by atoms with Crippen molar-refractivity contribution in [2.75, 3.05) is 0 Å². The minimum Gasteiger partial charge on any atom is -0.311 e. The average molecular weight is 334 g/mol. The van der Waals surface area contributed by atoms with Gasteiger partial charge in [0.05, 0.1) is 10.0 Å². The van der Waals surface area contributed by atoms with Gasteiger partial charge in [0.25, 0.3) is 0 Å². The zero-order valence-corrected chi connectivity index (χ0v) is 14.5. The number of fused-ring (bicyclic) bond motifs is 1. The molecule has 0 spiro atoms. The summed E-state index contributed by atoms with van der Waals surface area (Å²) in [5.74, 6) is 0.482. The highest BCUT2D eigenvalue weighted by Crippen LogP contribution is 2.37. The molecule has 0 saturated carbocycles. The van der Waals surface area contributed by atoms with Gasteiger partial charge in [-0.15, -0.1) is 0 Å². The van der Waals surface area contributed by atoms with Crippen LogP contribution in [0.25, 0.3) is 0 Å². The van der Waals surface area contributed by atoms with E-state index in [1.165, 1.54) is 16.7 Å². The third-order valence-electron chi connectivity index (χ3n) is 4.37. The molecule has 1 N–H and O–H groups in total. The standard InChI is InChI=1S/C19H21Cl2N/c1-12(2)22-19-11-14-5-3-4-6-15(14)16(19)9-13-7-8-17(20)18(21)10-13/h3-8,10,12,16,19,22H,9,11H2,1-2H3. The fourth-order valence-electron chi connectivity index (χ4n) is 3.45. The van der Waals surface area contributed by atoms with E-state index < -0.39 is 0 Å². The maximum atomic E-state index is 6.17. The number of hydrogen-bond acceptors (Lipinski definition) is 1. The van der Waals surface area contributed by atoms with Crippen molar-refractivity contribution in [3.8, 4) is 0 Å². The van der Waals surface area contributed by atoms with Crippen LogP contribution in [0.2, 0.25) is 10.0 Å². The highest BCUT2D eigenvalue weighted by Gasteiger charge is 2.32. The van der Waals surface area contributed by atoms with Crippen molar-refractivity contribution in [3.63, 3.8) is 0 Å². The summed E-state index contributed by atoms with van der Waals surface area (Å²) in [4.78, 5) is 0. The quantitative estimate of drug-likeness (QED) is 0.806. The second-order valence-corrected chi connectivity index (χ2v) is 7.20. The van der Waals surface area contributed by atoms with Gasteiger partial charge in [-0.25, -0.2) is 0 Å². The zero-order valence-electron chi connectivity index (χ0n) is 12.9. The molecule has 0 saturated heterocycles. The van der Waals surface area contributed by atoms with Gasteiger partial charge in [0.1, 0.15) is 0 Å². The first-order valence-corrected chi connectivity index (χ1v) is 8.58. The Morgan fingerprint density at radius 3 is 2.59 bits per heavy atom. The maximum Gasteiger partial charge on any atom is 0.0595 e. The van der Waals surface area contributed by atoms with E-state index in [1.54, 1.807) is 0 Å². The lowest BCUT2D eigenvalue weighted by molar-refractivity contribution is 0.418. The van der Waals surface area contributed by atoms with E-state index in [1.807, 2.05) is 12.1 Å². The molecule has 2 aromatic rings. The van der Waals surface area contributed by atoms with E-state index in [0.717, 1.165) is 12.8 Å². The van der Waals surface area contributed by atoms with Crippen LogP contribution in [0.15, 0.2) is 42.5 Å². The minimum absolute atomic E-state index is 0.479. The molecule has 3 heteroatoms. The Morgan fingerprint density at radius 2 is 1.86 bits per heavy atom. The normalized spacial score (nSPS) is 20.4. The Balaban J connectivity index is 1.88. The Kier molecular flexibility index (Phi) is 4.77. The van der Waals surface area contributed by atoms with Crippen LogP contribution in [0.1, 0.15) is 36.5 Å². The first-order valence-electron chi connectivity index (χ1n) is 7.82. The molecule has 0 aliphatic heterocycles. The molecule has 0 aromatic heterocycles. The molecule has 1 aliphatic carbocycles. The summed E-state index contributed by atoms with van der Waals surface area (Å²) in [6.45, 7) is 4.42. The number of hydrogen-bond donors (Lipinski definition) is 1. The maximum absolute atomic E-state index is 6.17. The van der Waals surface area contributed by atoms with E-state index in [2.05, 4.69) is 49.5 Å². The van der Waals surface area contributed by atoms with Gasteiger partial charge in [-0.3, -0.25) is 0 Å². The molecule has 116 valence electrons. The van der Waals surface area contributed by atoms with Gasteiger partial charge >= 0.3 is 0 Å². The lowest BCUT2D eigenvalue weighted by Crippen LogP contribution is -2.38. The van der Waals surface area contributed by atoms with Crippen LogP contribution in [0.3, 0.4) is 0 Å². The molecular formula is C19H21Cl2N. The minimum atomic E-state index is 0.479. The summed E-state index contributed by atoms with van der Waals surface area (Å²) in [5, 5.41) is 4.98. The average Bonchev–Trinajstić information content (AvgIpc) is 2.80. The molecule has 2 atom stereocenters. The van der Waals surface area contributed by atoms with E-state index in [-0.39, 0.29) is 0 Å². The van der Waals surface area contributed by atoms with Crippen molar-refractivity contribution in [2.45, 2.75) is 44.7 Å².